The van der Waals surface area contributed by atoms with Gasteiger partial charge in [0.25, 0.3) is 0 Å². The van der Waals surface area contributed by atoms with Gasteiger partial charge in [0.1, 0.15) is 0 Å². The Morgan fingerprint density at radius 1 is 1.89 bits per heavy atom. The molecule has 0 aromatic heterocycles. The number of nitrogens with two attached hydrogens (primary N) is 1. The lowest BCUT2D eigenvalue weighted by Crippen LogP contribution is -2.05. The smallest absolute Gasteiger partial charge is 0.180 e. The molecule has 56 valence electrons. The zero-order valence-corrected chi connectivity index (χ0v) is 8.18. The van der Waals surface area contributed by atoms with Gasteiger partial charge in [-0.1, -0.05) is 6.92 Å². The van der Waals surface area contributed by atoms with Crippen molar-refractivity contribution in [1.82, 2.24) is 0 Å². The van der Waals surface area contributed by atoms with E-state index in [4.69, 9.17) is 21.8 Å². The Morgan fingerprint density at radius 2 is 2.33 bits per heavy atom. The van der Waals surface area contributed by atoms with Gasteiger partial charge in [-0.25, -0.2) is 0 Å². The minimum absolute atomic E-state index is 0.137. The van der Waals surface area contributed by atoms with Gasteiger partial charge >= 0.3 is 0 Å². The fourth-order valence-electron chi connectivity index (χ4n) is 0.332. The van der Waals surface area contributed by atoms with Crippen LogP contribution in [0.2, 0.25) is 0 Å². The lowest BCUT2D eigenvalue weighted by molar-refractivity contribution is 0.247. The number of hydrogen-bond donors (Lipinski definition) is 2. The van der Waals surface area contributed by atoms with Gasteiger partial charge in [0, 0.05) is 0 Å². The van der Waals surface area contributed by atoms with Gasteiger partial charge < -0.3 is 4.52 Å². The standard InChI is InChI=1S/C4H12NOPS2/c1-3-4(2)6-7(5,8)9/h4H,3H2,1-2H3,(H3,5,8,9). The third kappa shape index (κ3) is 6.81. The quantitative estimate of drug-likeness (QED) is 0.521. The van der Waals surface area contributed by atoms with Crippen LogP contribution in [-0.2, 0) is 16.3 Å². The van der Waals surface area contributed by atoms with E-state index < -0.39 is 5.62 Å². The Balaban J connectivity index is 3.60. The maximum atomic E-state index is 5.38. The molecular formula is C4H12NOPS2. The second-order valence-corrected chi connectivity index (χ2v) is 7.45. The van der Waals surface area contributed by atoms with Crippen LogP contribution >= 0.6 is 17.9 Å². The van der Waals surface area contributed by atoms with Gasteiger partial charge in [0.05, 0.1) is 6.10 Å². The molecule has 0 aliphatic heterocycles. The van der Waals surface area contributed by atoms with Gasteiger partial charge in [-0.2, -0.15) is 0 Å². The highest BCUT2D eigenvalue weighted by atomic mass is 32.9. The number of hydrogen-bond acceptors (Lipinski definition) is 2. The molecule has 0 fully saturated rings. The molecule has 2 unspecified atom stereocenters. The maximum Gasteiger partial charge on any atom is 0.180 e. The molecule has 0 saturated heterocycles. The normalized spacial score (nSPS) is 20.9. The molecule has 0 heterocycles. The van der Waals surface area contributed by atoms with E-state index in [0.29, 0.717) is 0 Å². The molecule has 0 saturated carbocycles. The summed E-state index contributed by atoms with van der Waals surface area (Å²) in [5.41, 5.74) is 3.17. The van der Waals surface area contributed by atoms with E-state index in [1.807, 2.05) is 13.8 Å². The van der Waals surface area contributed by atoms with Gasteiger partial charge in [-0.3, -0.25) is 5.50 Å². The first kappa shape index (κ1) is 9.92. The SMILES string of the molecule is CCC(C)OP(N)(=S)S. The number of thiol groups is 1. The highest BCUT2D eigenvalue weighted by molar-refractivity contribution is 8.61. The lowest BCUT2D eigenvalue weighted by Gasteiger charge is -2.15. The van der Waals surface area contributed by atoms with Crippen molar-refractivity contribution in [2.75, 3.05) is 0 Å². The van der Waals surface area contributed by atoms with Crippen molar-refractivity contribution in [2.24, 2.45) is 5.50 Å². The van der Waals surface area contributed by atoms with Gasteiger partial charge in [-0.15, -0.1) is 12.2 Å². The molecule has 2 nitrogen and oxygen atoms in total. The van der Waals surface area contributed by atoms with Gasteiger partial charge in [-0.05, 0) is 25.2 Å². The molecule has 2 N–H and O–H groups in total. The predicted octanol–water partition coefficient (Wildman–Crippen LogP) is 1.91. The van der Waals surface area contributed by atoms with Crippen molar-refractivity contribution in [3.63, 3.8) is 0 Å². The fourth-order valence-corrected chi connectivity index (χ4v) is 1.92. The van der Waals surface area contributed by atoms with Crippen LogP contribution in [0.15, 0.2) is 0 Å². The topological polar surface area (TPSA) is 35.2 Å². The maximum absolute atomic E-state index is 5.38. The third-order valence-electron chi connectivity index (χ3n) is 0.906. The summed E-state index contributed by atoms with van der Waals surface area (Å²) in [7, 11) is 0. The molecule has 0 rings (SSSR count). The molecule has 9 heavy (non-hydrogen) atoms. The summed E-state index contributed by atoms with van der Waals surface area (Å²) < 4.78 is 5.15. The average Bonchev–Trinajstić information content (AvgIpc) is 1.62. The summed E-state index contributed by atoms with van der Waals surface area (Å²) in [6, 6.07) is 0. The fraction of sp³-hybridized carbons (Fsp3) is 1.00. The van der Waals surface area contributed by atoms with Crippen molar-refractivity contribution < 1.29 is 4.52 Å². The lowest BCUT2D eigenvalue weighted by atomic mass is 10.3. The van der Waals surface area contributed by atoms with E-state index in [1.54, 1.807) is 0 Å². The van der Waals surface area contributed by atoms with Gasteiger partial charge in [0.15, 0.2) is 5.62 Å². The van der Waals surface area contributed by atoms with Crippen molar-refractivity contribution in [3.8, 4) is 0 Å². The summed E-state index contributed by atoms with van der Waals surface area (Å²) in [5, 5.41) is 0. The predicted molar refractivity (Wildman–Crippen MR) is 48.3 cm³/mol. The molecular weight excluding hydrogens is 173 g/mol. The molecule has 5 heteroatoms. The van der Waals surface area contributed by atoms with Crippen LogP contribution < -0.4 is 5.50 Å². The van der Waals surface area contributed by atoms with E-state index in [0.717, 1.165) is 6.42 Å². The summed E-state index contributed by atoms with van der Waals surface area (Å²) >= 11 is 8.69. The van der Waals surface area contributed by atoms with Crippen molar-refractivity contribution in [1.29, 1.82) is 0 Å². The Bertz CT molecular complexity index is 124. The van der Waals surface area contributed by atoms with E-state index in [-0.39, 0.29) is 6.10 Å². The molecule has 0 aliphatic rings. The second kappa shape index (κ2) is 3.94. The summed E-state index contributed by atoms with van der Waals surface area (Å²) in [6.07, 6.45) is 1.06. The monoisotopic (exact) mass is 185 g/mol. The van der Waals surface area contributed by atoms with E-state index in [2.05, 4.69) is 12.2 Å². The summed E-state index contributed by atoms with van der Waals surface area (Å²) in [4.78, 5) is 0. The Hall–Kier alpha value is 0.920. The van der Waals surface area contributed by atoms with Crippen LogP contribution in [-0.4, -0.2) is 6.10 Å². The Kier molecular flexibility index (Phi) is 4.34. The van der Waals surface area contributed by atoms with Gasteiger partial charge in [0.2, 0.25) is 0 Å². The van der Waals surface area contributed by atoms with E-state index >= 15 is 0 Å². The molecule has 0 amide bonds. The van der Waals surface area contributed by atoms with E-state index in [1.165, 1.54) is 0 Å². The minimum atomic E-state index is -2.21. The molecule has 0 spiro atoms. The first-order chi connectivity index (χ1) is 3.95. The molecule has 0 aromatic carbocycles. The first-order valence-electron chi connectivity index (χ1n) is 2.75. The van der Waals surface area contributed by atoms with Crippen LogP contribution in [0.5, 0.6) is 0 Å². The number of rotatable bonds is 3. The highest BCUT2D eigenvalue weighted by Gasteiger charge is 2.07. The van der Waals surface area contributed by atoms with Crippen molar-refractivity contribution in [3.05, 3.63) is 0 Å². The van der Waals surface area contributed by atoms with E-state index in [9.17, 15) is 0 Å². The highest BCUT2D eigenvalue weighted by Crippen LogP contribution is 2.44. The first-order valence-corrected chi connectivity index (χ1v) is 6.69. The van der Waals surface area contributed by atoms with Crippen LogP contribution in [0, 0.1) is 0 Å². The zero-order valence-electron chi connectivity index (χ0n) is 5.57. The zero-order chi connectivity index (χ0) is 7.49. The summed E-state index contributed by atoms with van der Waals surface area (Å²) in [5.74, 6) is 0. The largest absolute Gasteiger partial charge is 0.328 e. The molecule has 0 radical (unpaired) electrons. The average molecular weight is 185 g/mol. The Labute approximate surface area is 66.5 Å². The molecule has 0 aromatic rings. The molecule has 0 aliphatic carbocycles. The summed E-state index contributed by atoms with van der Waals surface area (Å²) in [6.45, 7) is 3.95. The minimum Gasteiger partial charge on any atom is -0.328 e. The van der Waals surface area contributed by atoms with Crippen LogP contribution in [0.3, 0.4) is 0 Å². The Morgan fingerprint density at radius 3 is 2.44 bits per heavy atom. The molecule has 2 atom stereocenters. The second-order valence-electron chi connectivity index (χ2n) is 1.89. The molecule has 0 bridgehead atoms. The van der Waals surface area contributed by atoms with Crippen molar-refractivity contribution >= 4 is 29.7 Å². The van der Waals surface area contributed by atoms with Crippen LogP contribution in [0.4, 0.5) is 0 Å². The van der Waals surface area contributed by atoms with Crippen LogP contribution in [0.25, 0.3) is 0 Å². The third-order valence-corrected chi connectivity index (χ3v) is 2.11. The van der Waals surface area contributed by atoms with Crippen LogP contribution in [0.1, 0.15) is 20.3 Å². The van der Waals surface area contributed by atoms with Crippen molar-refractivity contribution in [2.45, 2.75) is 26.4 Å².